The average Bonchev–Trinajstić information content (AvgIpc) is 3.09. The molecule has 0 spiro atoms. The quantitative estimate of drug-likeness (QED) is 0.0473. The van der Waals surface area contributed by atoms with Gasteiger partial charge in [0.05, 0.1) is 18.8 Å². The maximum atomic E-state index is 12.2. The third-order valence-corrected chi connectivity index (χ3v) is 8.38. The summed E-state index contributed by atoms with van der Waals surface area (Å²) in [4.78, 5) is 12.2. The Labute approximate surface area is 297 Å². The molecule has 4 nitrogen and oxygen atoms in total. The van der Waals surface area contributed by atoms with Crippen molar-refractivity contribution in [1.82, 2.24) is 5.32 Å². The zero-order chi connectivity index (χ0) is 35.0. The summed E-state index contributed by atoms with van der Waals surface area (Å²) in [5.74, 6) is -0.0788. The summed E-state index contributed by atoms with van der Waals surface area (Å²) in [5, 5.41) is 22.6. The molecule has 1 amide bonds. The summed E-state index contributed by atoms with van der Waals surface area (Å²) in [5.41, 5.74) is 0. The van der Waals surface area contributed by atoms with Crippen LogP contribution >= 0.6 is 0 Å². The number of aliphatic hydroxyl groups is 2. The van der Waals surface area contributed by atoms with Crippen molar-refractivity contribution in [3.8, 4) is 0 Å². The van der Waals surface area contributed by atoms with Gasteiger partial charge in [-0.1, -0.05) is 176 Å². The minimum atomic E-state index is -0.839. The molecule has 0 aliphatic carbocycles. The summed E-state index contributed by atoms with van der Waals surface area (Å²) >= 11 is 0. The van der Waals surface area contributed by atoms with Crippen LogP contribution in [0.25, 0.3) is 0 Å². The van der Waals surface area contributed by atoms with Crippen LogP contribution in [-0.4, -0.2) is 34.9 Å². The first-order valence-corrected chi connectivity index (χ1v) is 19.8. The summed E-state index contributed by atoms with van der Waals surface area (Å²) in [6, 6.07) is -0.623. The lowest BCUT2D eigenvalue weighted by atomic mass is 10.0. The van der Waals surface area contributed by atoms with Gasteiger partial charge in [0.15, 0.2) is 0 Å². The van der Waals surface area contributed by atoms with Crippen molar-refractivity contribution in [2.45, 2.75) is 180 Å². The van der Waals surface area contributed by atoms with E-state index in [2.05, 4.69) is 92.1 Å². The molecule has 2 unspecified atom stereocenters. The fourth-order valence-electron chi connectivity index (χ4n) is 5.36. The van der Waals surface area contributed by atoms with Gasteiger partial charge in [-0.15, -0.1) is 0 Å². The maximum absolute atomic E-state index is 12.2. The van der Waals surface area contributed by atoms with Crippen molar-refractivity contribution >= 4 is 5.91 Å². The molecule has 0 aliphatic heterocycles. The van der Waals surface area contributed by atoms with E-state index in [9.17, 15) is 15.0 Å². The third-order valence-electron chi connectivity index (χ3n) is 8.38. The van der Waals surface area contributed by atoms with Gasteiger partial charge in [-0.3, -0.25) is 4.79 Å². The Morgan fingerprint density at radius 1 is 0.521 bits per heavy atom. The van der Waals surface area contributed by atoms with E-state index in [-0.39, 0.29) is 12.5 Å². The van der Waals surface area contributed by atoms with Crippen LogP contribution < -0.4 is 5.32 Å². The van der Waals surface area contributed by atoms with E-state index in [1.54, 1.807) is 6.08 Å². The average molecular weight is 666 g/mol. The highest BCUT2D eigenvalue weighted by Gasteiger charge is 2.17. The standard InChI is InChI=1S/C44H75NO3/c1-3-5-7-9-10-11-12-13-14-15-16-17-18-19-20-21-22-23-24-25-26-27-28-29-30-31-32-33-34-36-38-40-44(48)45-42(41-46)43(47)39-37-35-8-6-4-2/h5,7,10-11,13-14,16-17,19-20,22-23,37,39,42-43,46-47H,3-4,6,8-9,12,15,18,21,24-36,38,40-41H2,1-2H3,(H,45,48)/b7-5-,11-10-,14-13-,17-16-,20-19-,23-22-,39-37+. The van der Waals surface area contributed by atoms with Crippen LogP contribution in [0, 0.1) is 0 Å². The highest BCUT2D eigenvalue weighted by atomic mass is 16.3. The Morgan fingerprint density at radius 3 is 1.38 bits per heavy atom. The number of allylic oxidation sites excluding steroid dienone is 13. The molecule has 2 atom stereocenters. The van der Waals surface area contributed by atoms with Crippen molar-refractivity contribution in [2.75, 3.05) is 6.61 Å². The smallest absolute Gasteiger partial charge is 0.220 e. The van der Waals surface area contributed by atoms with E-state index in [1.807, 2.05) is 6.08 Å². The molecule has 0 saturated carbocycles. The minimum absolute atomic E-state index is 0.0788. The maximum Gasteiger partial charge on any atom is 0.220 e. The van der Waals surface area contributed by atoms with Gasteiger partial charge in [0, 0.05) is 6.42 Å². The Balaban J connectivity index is 3.51. The second-order valence-corrected chi connectivity index (χ2v) is 13.0. The number of unbranched alkanes of at least 4 members (excludes halogenated alkanes) is 15. The Hall–Kier alpha value is -2.43. The first-order chi connectivity index (χ1) is 23.7. The third kappa shape index (κ3) is 34.9. The van der Waals surface area contributed by atoms with Gasteiger partial charge in [-0.2, -0.15) is 0 Å². The van der Waals surface area contributed by atoms with Crippen molar-refractivity contribution in [3.05, 3.63) is 85.1 Å². The normalized spacial score (nSPS) is 14.0. The van der Waals surface area contributed by atoms with E-state index in [0.29, 0.717) is 6.42 Å². The van der Waals surface area contributed by atoms with Gasteiger partial charge in [-0.05, 0) is 70.6 Å². The molecule has 274 valence electrons. The predicted octanol–water partition coefficient (Wildman–Crippen LogP) is 12.1. The van der Waals surface area contributed by atoms with Crippen LogP contribution in [0.2, 0.25) is 0 Å². The Morgan fingerprint density at radius 2 is 0.917 bits per heavy atom. The molecule has 0 aromatic carbocycles. The zero-order valence-electron chi connectivity index (χ0n) is 31.2. The molecule has 0 bridgehead atoms. The number of carbonyl (C=O) groups excluding carboxylic acids is 1. The number of hydrogen-bond donors (Lipinski definition) is 3. The fraction of sp³-hybridized carbons (Fsp3) is 0.659. The lowest BCUT2D eigenvalue weighted by Crippen LogP contribution is -2.45. The Kier molecular flexibility index (Phi) is 37.0. The van der Waals surface area contributed by atoms with E-state index >= 15 is 0 Å². The van der Waals surface area contributed by atoms with E-state index < -0.39 is 12.1 Å². The Bertz CT molecular complexity index is 895. The number of rotatable bonds is 34. The lowest BCUT2D eigenvalue weighted by molar-refractivity contribution is -0.123. The highest BCUT2D eigenvalue weighted by molar-refractivity contribution is 5.76. The second-order valence-electron chi connectivity index (χ2n) is 13.0. The first-order valence-electron chi connectivity index (χ1n) is 19.8. The fourth-order valence-corrected chi connectivity index (χ4v) is 5.36. The first kappa shape index (κ1) is 45.6. The van der Waals surface area contributed by atoms with Crippen LogP contribution in [0.1, 0.15) is 168 Å². The molecule has 0 radical (unpaired) electrons. The number of hydrogen-bond acceptors (Lipinski definition) is 3. The van der Waals surface area contributed by atoms with Gasteiger partial charge in [-0.25, -0.2) is 0 Å². The molecule has 0 rings (SSSR count). The molecule has 48 heavy (non-hydrogen) atoms. The predicted molar refractivity (Wildman–Crippen MR) is 211 cm³/mol. The summed E-state index contributed by atoms with van der Waals surface area (Å²) in [6.07, 6.45) is 57.2. The molecule has 0 aromatic rings. The molecule has 0 aliphatic rings. The minimum Gasteiger partial charge on any atom is -0.394 e. The van der Waals surface area contributed by atoms with Gasteiger partial charge < -0.3 is 15.5 Å². The summed E-state index contributed by atoms with van der Waals surface area (Å²) in [7, 11) is 0. The van der Waals surface area contributed by atoms with Crippen LogP contribution in [0.5, 0.6) is 0 Å². The largest absolute Gasteiger partial charge is 0.394 e. The van der Waals surface area contributed by atoms with Crippen LogP contribution in [0.3, 0.4) is 0 Å². The molecule has 4 heteroatoms. The summed E-state index contributed by atoms with van der Waals surface area (Å²) in [6.45, 7) is 4.07. The molecular formula is C44H75NO3. The monoisotopic (exact) mass is 666 g/mol. The van der Waals surface area contributed by atoms with Crippen molar-refractivity contribution in [3.63, 3.8) is 0 Å². The van der Waals surface area contributed by atoms with Gasteiger partial charge in [0.1, 0.15) is 0 Å². The van der Waals surface area contributed by atoms with E-state index in [4.69, 9.17) is 0 Å². The topological polar surface area (TPSA) is 69.6 Å². The van der Waals surface area contributed by atoms with Crippen molar-refractivity contribution in [1.29, 1.82) is 0 Å². The van der Waals surface area contributed by atoms with Gasteiger partial charge >= 0.3 is 0 Å². The number of nitrogens with one attached hydrogen (secondary N) is 1. The number of carbonyl (C=O) groups is 1. The molecule has 0 heterocycles. The lowest BCUT2D eigenvalue weighted by Gasteiger charge is -2.20. The van der Waals surface area contributed by atoms with Crippen LogP contribution in [-0.2, 0) is 4.79 Å². The number of amides is 1. The summed E-state index contributed by atoms with van der Waals surface area (Å²) < 4.78 is 0. The van der Waals surface area contributed by atoms with Gasteiger partial charge in [0.25, 0.3) is 0 Å². The van der Waals surface area contributed by atoms with Crippen molar-refractivity contribution < 1.29 is 15.0 Å². The number of aliphatic hydroxyl groups excluding tert-OH is 2. The van der Waals surface area contributed by atoms with Gasteiger partial charge in [0.2, 0.25) is 5.91 Å². The molecule has 0 aromatic heterocycles. The van der Waals surface area contributed by atoms with Crippen LogP contribution in [0.15, 0.2) is 85.1 Å². The van der Waals surface area contributed by atoms with Crippen LogP contribution in [0.4, 0.5) is 0 Å². The molecule has 3 N–H and O–H groups in total. The molecule has 0 saturated heterocycles. The zero-order valence-corrected chi connectivity index (χ0v) is 31.2. The van der Waals surface area contributed by atoms with E-state index in [0.717, 1.165) is 64.2 Å². The molecule has 0 fully saturated rings. The molecular weight excluding hydrogens is 590 g/mol. The highest BCUT2D eigenvalue weighted by Crippen LogP contribution is 2.13. The SMILES string of the molecule is CC/C=C\C/C=C\C/C=C\C/C=C\C/C=C\C/C=C\CCCCCCCCCCCCCCC(=O)NC(CO)C(O)/C=C/CCCCC. The van der Waals surface area contributed by atoms with E-state index in [1.165, 1.54) is 83.5 Å². The van der Waals surface area contributed by atoms with Crippen molar-refractivity contribution in [2.24, 2.45) is 0 Å². The second kappa shape index (κ2) is 39.0.